The van der Waals surface area contributed by atoms with Crippen molar-refractivity contribution in [3.8, 4) is 0 Å². The monoisotopic (exact) mass is 222 g/mol. The minimum atomic E-state index is -0.342. The summed E-state index contributed by atoms with van der Waals surface area (Å²) in [7, 11) is 0. The molecule has 0 heterocycles. The van der Waals surface area contributed by atoms with Crippen LogP contribution in [0.15, 0.2) is 29.2 Å². The summed E-state index contributed by atoms with van der Waals surface area (Å²) in [6.07, 6.45) is 3.83. The minimum Gasteiger partial charge on any atom is -0.293 e. The van der Waals surface area contributed by atoms with Gasteiger partial charge in [-0.15, -0.1) is 11.8 Å². The Morgan fingerprint density at radius 2 is 2.00 bits per heavy atom. The van der Waals surface area contributed by atoms with Crippen molar-refractivity contribution >= 4 is 17.7 Å². The van der Waals surface area contributed by atoms with Crippen molar-refractivity contribution in [2.24, 2.45) is 5.84 Å². The lowest BCUT2D eigenvalue weighted by Gasteiger charge is -2.13. The summed E-state index contributed by atoms with van der Waals surface area (Å²) in [6.45, 7) is 0. The van der Waals surface area contributed by atoms with Gasteiger partial charge in [-0.1, -0.05) is 12.1 Å². The molecule has 15 heavy (non-hydrogen) atoms. The van der Waals surface area contributed by atoms with E-state index in [-0.39, 0.29) is 11.3 Å². The maximum absolute atomic E-state index is 11.6. The zero-order valence-corrected chi connectivity index (χ0v) is 9.43. The molecule has 1 aliphatic carbocycles. The quantitative estimate of drug-likeness (QED) is 0.352. The first kappa shape index (κ1) is 10.5. The summed E-state index contributed by atoms with van der Waals surface area (Å²) in [4.78, 5) is 12.8. The van der Waals surface area contributed by atoms with Gasteiger partial charge >= 0.3 is 0 Å². The van der Waals surface area contributed by atoms with Gasteiger partial charge in [-0.05, 0) is 36.8 Å². The highest BCUT2D eigenvalue weighted by Gasteiger charge is 2.50. The van der Waals surface area contributed by atoms with Crippen molar-refractivity contribution in [3.05, 3.63) is 29.8 Å². The zero-order chi connectivity index (χ0) is 10.9. The highest BCUT2D eigenvalue weighted by Crippen LogP contribution is 2.48. The maximum Gasteiger partial charge on any atom is 0.244 e. The predicted molar refractivity (Wildman–Crippen MR) is 61.5 cm³/mol. The van der Waals surface area contributed by atoms with Gasteiger partial charge in [0.15, 0.2) is 0 Å². The van der Waals surface area contributed by atoms with Crippen molar-refractivity contribution in [3.63, 3.8) is 0 Å². The van der Waals surface area contributed by atoms with Gasteiger partial charge in [-0.3, -0.25) is 10.2 Å². The highest BCUT2D eigenvalue weighted by atomic mass is 32.2. The van der Waals surface area contributed by atoms with E-state index in [1.807, 2.05) is 30.5 Å². The summed E-state index contributed by atoms with van der Waals surface area (Å²) in [5.74, 6) is 5.12. The molecule has 2 rings (SSSR count). The number of amides is 1. The van der Waals surface area contributed by atoms with Crippen molar-refractivity contribution in [2.75, 3.05) is 6.26 Å². The molecule has 0 saturated heterocycles. The van der Waals surface area contributed by atoms with Crippen LogP contribution < -0.4 is 11.3 Å². The van der Waals surface area contributed by atoms with Gasteiger partial charge in [0.05, 0.1) is 5.41 Å². The standard InChI is InChI=1S/C11H14N2OS/c1-15-9-4-2-8(3-5-9)11(6-7-11)10(14)13-12/h2-5H,6-7,12H2,1H3,(H,13,14). The average molecular weight is 222 g/mol. The van der Waals surface area contributed by atoms with E-state index in [0.29, 0.717) is 0 Å². The van der Waals surface area contributed by atoms with Gasteiger partial charge in [-0.25, -0.2) is 5.84 Å². The van der Waals surface area contributed by atoms with Crippen molar-refractivity contribution in [2.45, 2.75) is 23.2 Å². The number of nitrogens with two attached hydrogens (primary N) is 1. The third-order valence-corrected chi connectivity index (χ3v) is 3.70. The van der Waals surface area contributed by atoms with Crippen LogP contribution in [-0.2, 0) is 10.2 Å². The van der Waals surface area contributed by atoms with E-state index in [1.165, 1.54) is 4.90 Å². The lowest BCUT2D eigenvalue weighted by molar-refractivity contribution is -0.123. The van der Waals surface area contributed by atoms with Crippen LogP contribution in [-0.4, -0.2) is 12.2 Å². The van der Waals surface area contributed by atoms with Gasteiger partial charge in [0, 0.05) is 4.90 Å². The average Bonchev–Trinajstić information content (AvgIpc) is 3.09. The van der Waals surface area contributed by atoms with E-state index in [0.717, 1.165) is 18.4 Å². The molecule has 0 spiro atoms. The van der Waals surface area contributed by atoms with Gasteiger partial charge in [0.25, 0.3) is 0 Å². The van der Waals surface area contributed by atoms with Gasteiger partial charge in [-0.2, -0.15) is 0 Å². The van der Waals surface area contributed by atoms with E-state index in [4.69, 9.17) is 5.84 Å². The number of carbonyl (C=O) groups is 1. The first-order chi connectivity index (χ1) is 7.23. The van der Waals surface area contributed by atoms with Crippen LogP contribution in [0.4, 0.5) is 0 Å². The summed E-state index contributed by atoms with van der Waals surface area (Å²) in [6, 6.07) is 8.13. The largest absolute Gasteiger partial charge is 0.293 e. The topological polar surface area (TPSA) is 55.1 Å². The predicted octanol–water partition coefficient (Wildman–Crippen LogP) is 1.43. The first-order valence-corrected chi connectivity index (χ1v) is 6.11. The van der Waals surface area contributed by atoms with E-state index in [9.17, 15) is 4.79 Å². The maximum atomic E-state index is 11.6. The third-order valence-electron chi connectivity index (χ3n) is 2.96. The number of hydrazine groups is 1. The molecule has 1 saturated carbocycles. The number of rotatable bonds is 3. The summed E-state index contributed by atoms with van der Waals surface area (Å²) in [5.41, 5.74) is 2.98. The number of thioether (sulfide) groups is 1. The summed E-state index contributed by atoms with van der Waals surface area (Å²) < 4.78 is 0. The fourth-order valence-electron chi connectivity index (χ4n) is 1.82. The molecular formula is C11H14N2OS. The van der Waals surface area contributed by atoms with Crippen molar-refractivity contribution in [1.82, 2.24) is 5.43 Å². The van der Waals surface area contributed by atoms with Crippen molar-refractivity contribution < 1.29 is 4.79 Å². The molecular weight excluding hydrogens is 208 g/mol. The number of hydrogen-bond acceptors (Lipinski definition) is 3. The Kier molecular flexibility index (Phi) is 2.71. The van der Waals surface area contributed by atoms with Crippen LogP contribution in [0.2, 0.25) is 0 Å². The van der Waals surface area contributed by atoms with Crippen LogP contribution in [0.1, 0.15) is 18.4 Å². The second-order valence-corrected chi connectivity index (χ2v) is 4.66. The SMILES string of the molecule is CSc1ccc(C2(C(=O)NN)CC2)cc1. The van der Waals surface area contributed by atoms with E-state index in [1.54, 1.807) is 11.8 Å². The first-order valence-electron chi connectivity index (χ1n) is 4.88. The molecule has 3 nitrogen and oxygen atoms in total. The Morgan fingerprint density at radius 1 is 1.40 bits per heavy atom. The highest BCUT2D eigenvalue weighted by molar-refractivity contribution is 7.98. The molecule has 0 radical (unpaired) electrons. The number of benzene rings is 1. The normalized spacial score (nSPS) is 17.2. The summed E-state index contributed by atoms with van der Waals surface area (Å²) >= 11 is 1.70. The lowest BCUT2D eigenvalue weighted by Crippen LogP contribution is -2.39. The minimum absolute atomic E-state index is 0.0700. The van der Waals surface area contributed by atoms with Gasteiger partial charge in [0.1, 0.15) is 0 Å². The second kappa shape index (κ2) is 3.87. The Balaban J connectivity index is 2.26. The molecule has 1 fully saturated rings. The summed E-state index contributed by atoms with van der Waals surface area (Å²) in [5, 5.41) is 0. The van der Waals surface area contributed by atoms with Crippen LogP contribution in [0, 0.1) is 0 Å². The second-order valence-electron chi connectivity index (χ2n) is 3.78. The molecule has 0 aliphatic heterocycles. The molecule has 1 aromatic rings. The molecule has 1 amide bonds. The number of nitrogens with one attached hydrogen (secondary N) is 1. The van der Waals surface area contributed by atoms with E-state index in [2.05, 4.69) is 5.43 Å². The van der Waals surface area contributed by atoms with Crippen LogP contribution in [0.25, 0.3) is 0 Å². The van der Waals surface area contributed by atoms with Crippen LogP contribution >= 0.6 is 11.8 Å². The number of carbonyl (C=O) groups excluding carboxylic acids is 1. The molecule has 0 atom stereocenters. The third kappa shape index (κ3) is 1.75. The van der Waals surface area contributed by atoms with Crippen LogP contribution in [0.3, 0.4) is 0 Å². The molecule has 1 aromatic carbocycles. The van der Waals surface area contributed by atoms with Crippen LogP contribution in [0.5, 0.6) is 0 Å². The zero-order valence-electron chi connectivity index (χ0n) is 8.62. The molecule has 0 bridgehead atoms. The van der Waals surface area contributed by atoms with Gasteiger partial charge < -0.3 is 0 Å². The van der Waals surface area contributed by atoms with Gasteiger partial charge in [0.2, 0.25) is 5.91 Å². The molecule has 4 heteroatoms. The molecule has 1 aliphatic rings. The van der Waals surface area contributed by atoms with E-state index < -0.39 is 0 Å². The van der Waals surface area contributed by atoms with Crippen molar-refractivity contribution in [1.29, 1.82) is 0 Å². The molecule has 3 N–H and O–H groups in total. The Labute approximate surface area is 93.4 Å². The smallest absolute Gasteiger partial charge is 0.244 e. The molecule has 0 unspecified atom stereocenters. The molecule has 0 aromatic heterocycles. The lowest BCUT2D eigenvalue weighted by atomic mass is 9.95. The van der Waals surface area contributed by atoms with E-state index >= 15 is 0 Å². The fraction of sp³-hybridized carbons (Fsp3) is 0.364. The Bertz CT molecular complexity index is 371. The Morgan fingerprint density at radius 3 is 2.40 bits per heavy atom. The fourth-order valence-corrected chi connectivity index (χ4v) is 2.23. The number of hydrogen-bond donors (Lipinski definition) is 2. The Hall–Kier alpha value is -1.00. The molecule has 80 valence electrons.